The molecule has 3 aliphatic carbocycles. The van der Waals surface area contributed by atoms with Gasteiger partial charge in [0.2, 0.25) is 11.0 Å². The molecule has 0 bridgehead atoms. The van der Waals surface area contributed by atoms with Crippen LogP contribution in [-0.2, 0) is 16.9 Å². The van der Waals surface area contributed by atoms with Crippen LogP contribution in [0, 0.1) is 12.8 Å². The fourth-order valence-corrected chi connectivity index (χ4v) is 7.79. The largest absolute Gasteiger partial charge is 0.488 e. The Bertz CT molecular complexity index is 1580. The molecular formula is C31H42ClN7O3S. The number of hydrogen-bond donors (Lipinski definition) is 3. The third kappa shape index (κ3) is 7.44. The molecule has 12 heteroatoms. The van der Waals surface area contributed by atoms with Gasteiger partial charge in [-0.3, -0.25) is 4.68 Å². The van der Waals surface area contributed by atoms with E-state index in [0.29, 0.717) is 23.6 Å². The molecule has 3 N–H and O–H groups in total. The topological polar surface area (TPSA) is 123 Å². The quantitative estimate of drug-likeness (QED) is 0.209. The van der Waals surface area contributed by atoms with Gasteiger partial charge in [-0.1, -0.05) is 25.4 Å². The first-order valence-electron chi connectivity index (χ1n) is 15.4. The molecule has 0 atom stereocenters. The number of sulfone groups is 1. The number of hydrogen-bond acceptors (Lipinski definition) is 9. The summed E-state index contributed by atoms with van der Waals surface area (Å²) in [6.07, 6.45) is 12.9. The van der Waals surface area contributed by atoms with Crippen molar-refractivity contribution in [2.75, 3.05) is 16.4 Å². The van der Waals surface area contributed by atoms with Crippen molar-refractivity contribution < 1.29 is 13.2 Å². The molecule has 0 radical (unpaired) electrons. The minimum Gasteiger partial charge on any atom is -0.488 e. The van der Waals surface area contributed by atoms with Crippen LogP contribution in [0.25, 0.3) is 0 Å². The molecule has 2 aromatic heterocycles. The van der Waals surface area contributed by atoms with Crippen molar-refractivity contribution in [2.24, 2.45) is 13.0 Å². The van der Waals surface area contributed by atoms with Gasteiger partial charge in [-0.2, -0.15) is 10.1 Å². The van der Waals surface area contributed by atoms with E-state index in [4.69, 9.17) is 16.3 Å². The molecule has 3 aliphatic rings. The lowest BCUT2D eigenvalue weighted by Gasteiger charge is -2.31. The summed E-state index contributed by atoms with van der Waals surface area (Å²) < 4.78 is 33.9. The number of halogens is 1. The Morgan fingerprint density at radius 2 is 1.72 bits per heavy atom. The highest BCUT2D eigenvalue weighted by Crippen LogP contribution is 2.42. The van der Waals surface area contributed by atoms with E-state index in [1.807, 2.05) is 13.8 Å². The predicted molar refractivity (Wildman–Crippen MR) is 170 cm³/mol. The number of ether oxygens (including phenoxy) is 1. The van der Waals surface area contributed by atoms with Gasteiger partial charge in [0.05, 0.1) is 29.4 Å². The fraction of sp³-hybridized carbons (Fsp3) is 0.581. The van der Waals surface area contributed by atoms with E-state index < -0.39 is 9.84 Å². The Balaban J connectivity index is 1.23. The lowest BCUT2D eigenvalue weighted by Crippen LogP contribution is -2.34. The van der Waals surface area contributed by atoms with Crippen molar-refractivity contribution in [2.45, 2.75) is 101 Å². The van der Waals surface area contributed by atoms with Gasteiger partial charge in [-0.15, -0.1) is 0 Å². The van der Waals surface area contributed by atoms with Crippen molar-refractivity contribution in [3.05, 3.63) is 40.7 Å². The zero-order valence-corrected chi connectivity index (χ0v) is 26.9. The molecular weight excluding hydrogens is 586 g/mol. The van der Waals surface area contributed by atoms with Crippen LogP contribution < -0.4 is 20.7 Å². The van der Waals surface area contributed by atoms with Crippen LogP contribution in [0.1, 0.15) is 82.3 Å². The van der Waals surface area contributed by atoms with Crippen LogP contribution in [-0.4, -0.2) is 52.1 Å². The second kappa shape index (κ2) is 12.2. The monoisotopic (exact) mass is 627 g/mol. The van der Waals surface area contributed by atoms with Crippen LogP contribution >= 0.6 is 11.6 Å². The zero-order chi connectivity index (χ0) is 30.3. The van der Waals surface area contributed by atoms with Gasteiger partial charge in [0.1, 0.15) is 10.8 Å². The number of aromatic nitrogens is 4. The number of aryl methyl sites for hydroxylation is 2. The Morgan fingerprint density at radius 3 is 2.37 bits per heavy atom. The van der Waals surface area contributed by atoms with Crippen LogP contribution in [0.4, 0.5) is 23.1 Å². The highest BCUT2D eigenvalue weighted by atomic mass is 35.5. The zero-order valence-electron chi connectivity index (χ0n) is 25.4. The molecule has 6 rings (SSSR count). The summed E-state index contributed by atoms with van der Waals surface area (Å²) in [7, 11) is -1.93. The van der Waals surface area contributed by atoms with E-state index in [1.54, 1.807) is 13.2 Å². The molecule has 10 nitrogen and oxygen atoms in total. The first-order valence-corrected chi connectivity index (χ1v) is 17.5. The number of rotatable bonds is 12. The van der Waals surface area contributed by atoms with Gasteiger partial charge in [-0.25, -0.2) is 13.4 Å². The average Bonchev–Trinajstić information content (AvgIpc) is 3.88. The molecule has 2 heterocycles. The van der Waals surface area contributed by atoms with Gasteiger partial charge in [-0.05, 0) is 93.4 Å². The lowest BCUT2D eigenvalue weighted by atomic mass is 9.80. The SMILES string of the molecule is Cc1cc(Nc2ncc(Cl)c(Nc3cn(C)nc3S(=O)(=O)CC(C)C)n2)c(OC2CC2)cc1[C@H]1CC[C@H](NC2CC2)CC1. The maximum atomic E-state index is 13.0. The predicted octanol–water partition coefficient (Wildman–Crippen LogP) is 6.41. The minimum atomic E-state index is -3.61. The van der Waals surface area contributed by atoms with Gasteiger partial charge in [0.25, 0.3) is 0 Å². The molecule has 3 aromatic rings. The number of nitrogens with one attached hydrogen (secondary N) is 3. The lowest BCUT2D eigenvalue weighted by molar-refractivity contribution is 0.303. The van der Waals surface area contributed by atoms with Gasteiger partial charge in [0.15, 0.2) is 15.7 Å². The van der Waals surface area contributed by atoms with Gasteiger partial charge < -0.3 is 20.7 Å². The van der Waals surface area contributed by atoms with Crippen LogP contribution in [0.3, 0.4) is 0 Å². The van der Waals surface area contributed by atoms with Gasteiger partial charge in [0, 0.05) is 25.3 Å². The first kappa shape index (κ1) is 30.1. The minimum absolute atomic E-state index is 0.0130. The van der Waals surface area contributed by atoms with Crippen LogP contribution in [0.15, 0.2) is 29.6 Å². The van der Waals surface area contributed by atoms with Crippen molar-refractivity contribution in [3.63, 3.8) is 0 Å². The smallest absolute Gasteiger partial charge is 0.229 e. The van der Waals surface area contributed by atoms with E-state index in [0.717, 1.165) is 30.3 Å². The average molecular weight is 628 g/mol. The summed E-state index contributed by atoms with van der Waals surface area (Å²) in [5.74, 6) is 1.88. The maximum Gasteiger partial charge on any atom is 0.229 e. The normalized spacial score (nSPS) is 20.8. The maximum absolute atomic E-state index is 13.0. The molecule has 0 unspecified atom stereocenters. The fourth-order valence-electron chi connectivity index (χ4n) is 5.92. The van der Waals surface area contributed by atoms with E-state index in [-0.39, 0.29) is 33.6 Å². The molecule has 43 heavy (non-hydrogen) atoms. The number of benzene rings is 1. The molecule has 0 spiro atoms. The Morgan fingerprint density at radius 1 is 1.02 bits per heavy atom. The second-order valence-corrected chi connectivity index (χ2v) is 15.2. The summed E-state index contributed by atoms with van der Waals surface area (Å²) in [6, 6.07) is 5.74. The summed E-state index contributed by atoms with van der Waals surface area (Å²) in [5.41, 5.74) is 3.69. The molecule has 0 aliphatic heterocycles. The molecule has 232 valence electrons. The molecule has 3 fully saturated rings. The first-order chi connectivity index (χ1) is 20.5. The van der Waals surface area contributed by atoms with E-state index in [1.165, 1.54) is 60.5 Å². The highest BCUT2D eigenvalue weighted by molar-refractivity contribution is 7.91. The molecule has 1 aromatic carbocycles. The third-order valence-electron chi connectivity index (χ3n) is 8.29. The third-order valence-corrected chi connectivity index (χ3v) is 10.6. The summed E-state index contributed by atoms with van der Waals surface area (Å²) in [5, 5.41) is 14.7. The van der Waals surface area contributed by atoms with Crippen molar-refractivity contribution in [3.8, 4) is 5.75 Å². The van der Waals surface area contributed by atoms with Gasteiger partial charge >= 0.3 is 0 Å². The van der Waals surface area contributed by atoms with Crippen LogP contribution in [0.2, 0.25) is 5.02 Å². The highest BCUT2D eigenvalue weighted by Gasteiger charge is 2.31. The van der Waals surface area contributed by atoms with Crippen molar-refractivity contribution >= 4 is 44.6 Å². The van der Waals surface area contributed by atoms with Crippen LogP contribution in [0.5, 0.6) is 5.75 Å². The molecule has 0 amide bonds. The molecule has 0 saturated heterocycles. The Kier molecular flexibility index (Phi) is 8.59. The van der Waals surface area contributed by atoms with Crippen molar-refractivity contribution in [1.82, 2.24) is 25.1 Å². The number of anilines is 4. The van der Waals surface area contributed by atoms with E-state index >= 15 is 0 Å². The second-order valence-electron chi connectivity index (χ2n) is 12.8. The summed E-state index contributed by atoms with van der Waals surface area (Å²) in [6.45, 7) is 5.88. The Labute approximate surface area is 259 Å². The summed E-state index contributed by atoms with van der Waals surface area (Å²) in [4.78, 5) is 9.02. The standard InChI is InChI=1S/C31H42ClN7O3S/c1-18(2)17-43(40,41)30-27(16-39(4)38-30)35-29-25(32)15-33-31(37-29)36-26-13-19(3)24(14-28(26)42-23-11-12-23)20-5-7-21(8-6-20)34-22-9-10-22/h13-16,18,20-23,34H,5-12,17H2,1-4H3,(H2,33,35,36,37)/t20-,21-. The summed E-state index contributed by atoms with van der Waals surface area (Å²) >= 11 is 6.47. The number of nitrogens with zero attached hydrogens (tertiary/aromatic N) is 4. The Hall–Kier alpha value is -2.89. The molecule has 3 saturated carbocycles. The van der Waals surface area contributed by atoms with E-state index in [9.17, 15) is 8.42 Å². The van der Waals surface area contributed by atoms with Crippen molar-refractivity contribution in [1.29, 1.82) is 0 Å². The van der Waals surface area contributed by atoms with E-state index in [2.05, 4.69) is 50.1 Å².